The molecule has 33 heavy (non-hydrogen) atoms. The van der Waals surface area contributed by atoms with Gasteiger partial charge in [0, 0.05) is 30.6 Å². The summed E-state index contributed by atoms with van der Waals surface area (Å²) in [5, 5.41) is 16.3. The van der Waals surface area contributed by atoms with Crippen molar-refractivity contribution in [2.75, 3.05) is 12.3 Å². The number of aromatic nitrogens is 2. The molecule has 4 unspecified atom stereocenters. The molecule has 0 saturated heterocycles. The molecule has 0 radical (unpaired) electrons. The van der Waals surface area contributed by atoms with E-state index in [0.29, 0.717) is 12.1 Å². The van der Waals surface area contributed by atoms with Crippen LogP contribution < -0.4 is 33.2 Å². The van der Waals surface area contributed by atoms with Crippen LogP contribution in [0.1, 0.15) is 25.5 Å². The Hall–Kier alpha value is -3.33. The Kier molecular flexibility index (Phi) is 11.7. The molecule has 4 atom stereocenters. The number of thiol groups is 1. The van der Waals surface area contributed by atoms with Crippen LogP contribution in [0.4, 0.5) is 0 Å². The second-order valence-corrected chi connectivity index (χ2v) is 7.57. The number of carbonyl (C=O) groups is 4. The van der Waals surface area contributed by atoms with E-state index < -0.39 is 47.9 Å². The highest BCUT2D eigenvalue weighted by Gasteiger charge is 2.28. The van der Waals surface area contributed by atoms with Gasteiger partial charge in [0.05, 0.1) is 12.4 Å². The number of rotatable bonds is 14. The Balaban J connectivity index is 2.78. The number of aromatic amines is 1. The summed E-state index contributed by atoms with van der Waals surface area (Å²) in [6.45, 7) is 1.60. The minimum absolute atomic E-state index is 0.107. The molecule has 1 aromatic heterocycles. The number of nitrogens with zero attached hydrogens (tertiary/aromatic N) is 2. The molecule has 1 rings (SSSR count). The number of aliphatic imine (C=N–C) groups is 1. The molecule has 0 saturated carbocycles. The van der Waals surface area contributed by atoms with E-state index in [-0.39, 0.29) is 31.1 Å². The summed E-state index contributed by atoms with van der Waals surface area (Å²) >= 11 is 3.87. The maximum Gasteiger partial charge on any atom is 0.327 e. The molecule has 0 aliphatic rings. The van der Waals surface area contributed by atoms with Gasteiger partial charge in [-0.25, -0.2) is 9.78 Å². The second kappa shape index (κ2) is 13.9. The fraction of sp³-hybridized carbons (Fsp3) is 0.556. The van der Waals surface area contributed by atoms with Crippen LogP contribution in [0.5, 0.6) is 0 Å². The lowest BCUT2D eigenvalue weighted by molar-refractivity contribution is -0.141. The zero-order valence-electron chi connectivity index (χ0n) is 18.2. The second-order valence-electron chi connectivity index (χ2n) is 7.21. The van der Waals surface area contributed by atoms with Crippen LogP contribution in [0.15, 0.2) is 17.5 Å². The number of H-pyrrole nitrogens is 1. The van der Waals surface area contributed by atoms with Gasteiger partial charge >= 0.3 is 5.97 Å². The fourth-order valence-corrected chi connectivity index (χ4v) is 2.89. The van der Waals surface area contributed by atoms with Crippen molar-refractivity contribution in [1.29, 1.82) is 0 Å². The van der Waals surface area contributed by atoms with E-state index in [9.17, 15) is 19.2 Å². The normalized spacial score (nSPS) is 14.3. The molecular weight excluding hydrogens is 454 g/mol. The number of nitrogens with two attached hydrogens (primary N) is 3. The van der Waals surface area contributed by atoms with E-state index in [1.165, 1.54) is 19.4 Å². The molecular formula is C18H31N9O5S. The maximum absolute atomic E-state index is 12.8. The molecule has 3 amide bonds. The van der Waals surface area contributed by atoms with Gasteiger partial charge in [-0.2, -0.15) is 12.6 Å². The van der Waals surface area contributed by atoms with Crippen molar-refractivity contribution >= 4 is 42.3 Å². The van der Waals surface area contributed by atoms with Crippen molar-refractivity contribution in [1.82, 2.24) is 25.9 Å². The summed E-state index contributed by atoms with van der Waals surface area (Å²) < 4.78 is 0. The first-order valence-corrected chi connectivity index (χ1v) is 10.7. The molecule has 11 N–H and O–H groups in total. The number of hydrogen-bond donors (Lipinski definition) is 9. The average molecular weight is 486 g/mol. The fourth-order valence-electron chi connectivity index (χ4n) is 2.64. The molecule has 184 valence electrons. The summed E-state index contributed by atoms with van der Waals surface area (Å²) in [5.41, 5.74) is 17.1. The van der Waals surface area contributed by atoms with E-state index in [1.807, 2.05) is 0 Å². The van der Waals surface area contributed by atoms with Gasteiger partial charge in [-0.15, -0.1) is 0 Å². The van der Waals surface area contributed by atoms with Crippen LogP contribution in [-0.2, 0) is 25.6 Å². The highest BCUT2D eigenvalue weighted by atomic mass is 32.1. The minimum Gasteiger partial charge on any atom is -0.480 e. The quantitative estimate of drug-likeness (QED) is 0.0557. The van der Waals surface area contributed by atoms with Gasteiger partial charge in [-0.05, 0) is 19.8 Å². The summed E-state index contributed by atoms with van der Waals surface area (Å²) in [6, 6.07) is -4.27. The van der Waals surface area contributed by atoms with Gasteiger partial charge in [0.15, 0.2) is 5.96 Å². The van der Waals surface area contributed by atoms with Gasteiger partial charge < -0.3 is 43.2 Å². The number of imidazole rings is 1. The van der Waals surface area contributed by atoms with Crippen LogP contribution in [-0.4, -0.2) is 81.2 Å². The van der Waals surface area contributed by atoms with Crippen LogP contribution >= 0.6 is 12.6 Å². The summed E-state index contributed by atoms with van der Waals surface area (Å²) in [6.07, 6.45) is 3.67. The van der Waals surface area contributed by atoms with E-state index >= 15 is 0 Å². The number of nitrogens with one attached hydrogen (secondary N) is 4. The first kappa shape index (κ1) is 27.7. The minimum atomic E-state index is -1.26. The van der Waals surface area contributed by atoms with Gasteiger partial charge in [0.2, 0.25) is 17.7 Å². The lowest BCUT2D eigenvalue weighted by Crippen LogP contribution is -2.56. The van der Waals surface area contributed by atoms with Crippen LogP contribution in [0, 0.1) is 0 Å². The number of hydrogen-bond acceptors (Lipinski definition) is 8. The van der Waals surface area contributed by atoms with Crippen molar-refractivity contribution < 1.29 is 24.3 Å². The lowest BCUT2D eigenvalue weighted by atomic mass is 10.1. The Labute approximate surface area is 195 Å². The Morgan fingerprint density at radius 3 is 2.36 bits per heavy atom. The number of guanidine groups is 1. The third-order valence-corrected chi connectivity index (χ3v) is 4.82. The number of amides is 3. The van der Waals surface area contributed by atoms with E-state index in [4.69, 9.17) is 22.3 Å². The first-order chi connectivity index (χ1) is 15.5. The largest absolute Gasteiger partial charge is 0.480 e. The highest BCUT2D eigenvalue weighted by Crippen LogP contribution is 2.03. The molecule has 0 aliphatic heterocycles. The van der Waals surface area contributed by atoms with Crippen LogP contribution in [0.3, 0.4) is 0 Å². The average Bonchev–Trinajstić information content (AvgIpc) is 3.26. The first-order valence-electron chi connectivity index (χ1n) is 10.1. The third-order valence-electron chi connectivity index (χ3n) is 4.46. The topological polar surface area (TPSA) is 244 Å². The van der Waals surface area contributed by atoms with Gasteiger partial charge in [-0.3, -0.25) is 19.4 Å². The predicted octanol–water partition coefficient (Wildman–Crippen LogP) is -3.18. The molecule has 0 bridgehead atoms. The lowest BCUT2D eigenvalue weighted by Gasteiger charge is -2.23. The summed E-state index contributed by atoms with van der Waals surface area (Å²) in [4.78, 5) is 59.1. The predicted molar refractivity (Wildman–Crippen MR) is 123 cm³/mol. The van der Waals surface area contributed by atoms with Gasteiger partial charge in [-0.1, -0.05) is 0 Å². The summed E-state index contributed by atoms with van der Waals surface area (Å²) in [7, 11) is 0. The van der Waals surface area contributed by atoms with Gasteiger partial charge in [0.1, 0.15) is 18.1 Å². The standard InChI is InChI=1S/C18H31N9O5S/c1-9(14(28)27-13(7-33)17(31)32)25-16(30)12(3-2-4-23-18(20)21)26-15(29)11(19)5-10-6-22-8-24-10/h6,8-9,11-13,33H,2-5,7,19H2,1H3,(H,22,24)(H,25,30)(H,26,29)(H,27,28)(H,31,32)(H4,20,21,23). The van der Waals surface area contributed by atoms with Crippen molar-refractivity contribution in [3.8, 4) is 0 Å². The number of carboxylic acids is 1. The zero-order chi connectivity index (χ0) is 25.0. The molecule has 0 aliphatic carbocycles. The van der Waals surface area contributed by atoms with E-state index in [0.717, 1.165) is 0 Å². The Bertz CT molecular complexity index is 829. The highest BCUT2D eigenvalue weighted by molar-refractivity contribution is 7.80. The number of carbonyl (C=O) groups excluding carboxylic acids is 3. The van der Waals surface area contributed by atoms with E-state index in [2.05, 4.69) is 43.5 Å². The van der Waals surface area contributed by atoms with Crippen LogP contribution in [0.25, 0.3) is 0 Å². The molecule has 1 aromatic rings. The van der Waals surface area contributed by atoms with Crippen molar-refractivity contribution in [2.45, 2.75) is 50.4 Å². The molecule has 0 fully saturated rings. The van der Waals surface area contributed by atoms with Gasteiger partial charge in [0.25, 0.3) is 0 Å². The molecule has 1 heterocycles. The zero-order valence-corrected chi connectivity index (χ0v) is 19.0. The van der Waals surface area contributed by atoms with E-state index in [1.54, 1.807) is 0 Å². The van der Waals surface area contributed by atoms with Crippen molar-refractivity contribution in [3.63, 3.8) is 0 Å². The number of carboxylic acid groups (broad SMARTS) is 1. The third kappa shape index (κ3) is 10.2. The monoisotopic (exact) mass is 485 g/mol. The van der Waals surface area contributed by atoms with Crippen molar-refractivity contribution in [2.24, 2.45) is 22.2 Å². The molecule has 0 spiro atoms. The molecule has 14 nitrogen and oxygen atoms in total. The summed E-state index contributed by atoms with van der Waals surface area (Å²) in [5.74, 6) is -3.44. The smallest absolute Gasteiger partial charge is 0.327 e. The number of aliphatic carboxylic acids is 1. The molecule has 0 aromatic carbocycles. The van der Waals surface area contributed by atoms with Crippen LogP contribution in [0.2, 0.25) is 0 Å². The molecule has 15 heteroatoms. The Morgan fingerprint density at radius 2 is 1.82 bits per heavy atom. The Morgan fingerprint density at radius 1 is 1.15 bits per heavy atom. The SMILES string of the molecule is CC(NC(=O)C(CCCN=C(N)N)NC(=O)C(N)Cc1cnc[nH]1)C(=O)NC(CS)C(=O)O. The van der Waals surface area contributed by atoms with Crippen molar-refractivity contribution in [3.05, 3.63) is 18.2 Å². The maximum atomic E-state index is 12.8.